The maximum atomic E-state index is 9.53. The van der Waals surface area contributed by atoms with E-state index in [0.29, 0.717) is 6.61 Å². The molecule has 0 saturated heterocycles. The minimum atomic E-state index is -0.0428. The first-order valence-corrected chi connectivity index (χ1v) is 8.42. The van der Waals surface area contributed by atoms with Gasteiger partial charge in [-0.3, -0.25) is 0 Å². The van der Waals surface area contributed by atoms with Gasteiger partial charge in [0, 0.05) is 35.4 Å². The Kier molecular flexibility index (Phi) is 5.36. The van der Waals surface area contributed by atoms with Gasteiger partial charge in [-0.25, -0.2) is 4.98 Å². The first kappa shape index (κ1) is 17.0. The third-order valence-electron chi connectivity index (χ3n) is 4.11. The Bertz CT molecular complexity index is 798. The van der Waals surface area contributed by atoms with Crippen molar-refractivity contribution in [2.75, 3.05) is 11.9 Å². The van der Waals surface area contributed by atoms with Crippen LogP contribution in [-0.4, -0.2) is 21.3 Å². The second-order valence-corrected chi connectivity index (χ2v) is 5.84. The Morgan fingerprint density at radius 3 is 2.64 bits per heavy atom. The van der Waals surface area contributed by atoms with E-state index in [4.69, 9.17) is 4.74 Å². The van der Waals surface area contributed by atoms with Crippen molar-refractivity contribution in [2.24, 2.45) is 0 Å². The normalized spacial score (nSPS) is 12.0. The number of rotatable bonds is 7. The molecule has 0 aliphatic heterocycles. The maximum absolute atomic E-state index is 9.53. The summed E-state index contributed by atoms with van der Waals surface area (Å²) in [5.74, 6) is 0.730. The zero-order valence-corrected chi connectivity index (χ0v) is 14.5. The summed E-state index contributed by atoms with van der Waals surface area (Å²) in [6, 6.07) is 14.3. The second-order valence-electron chi connectivity index (χ2n) is 5.84. The van der Waals surface area contributed by atoms with Crippen LogP contribution in [0.2, 0.25) is 0 Å². The molecule has 2 N–H and O–H groups in total. The fraction of sp³-hybridized carbons (Fsp3) is 0.250. The number of anilines is 1. The van der Waals surface area contributed by atoms with Gasteiger partial charge in [0.2, 0.25) is 0 Å². The molecule has 2 aromatic carbocycles. The maximum Gasteiger partial charge on any atom is 0.124 e. The van der Waals surface area contributed by atoms with Crippen LogP contribution in [0.4, 0.5) is 5.69 Å². The van der Waals surface area contributed by atoms with Crippen LogP contribution in [0.15, 0.2) is 61.2 Å². The van der Waals surface area contributed by atoms with Gasteiger partial charge < -0.3 is 19.7 Å². The molecule has 0 fully saturated rings. The van der Waals surface area contributed by atoms with Crippen LogP contribution in [0.3, 0.4) is 0 Å². The Hall–Kier alpha value is -2.79. The molecule has 3 aromatic rings. The Morgan fingerprint density at radius 1 is 1.20 bits per heavy atom. The summed E-state index contributed by atoms with van der Waals surface area (Å²) >= 11 is 0. The van der Waals surface area contributed by atoms with E-state index in [-0.39, 0.29) is 12.6 Å². The van der Waals surface area contributed by atoms with Crippen molar-refractivity contribution in [3.8, 4) is 11.4 Å². The molecule has 1 aromatic heterocycles. The number of aromatic nitrogens is 2. The highest BCUT2D eigenvalue weighted by molar-refractivity contribution is 5.52. The summed E-state index contributed by atoms with van der Waals surface area (Å²) in [7, 11) is 0. The lowest BCUT2D eigenvalue weighted by Gasteiger charge is -2.18. The van der Waals surface area contributed by atoms with E-state index in [1.54, 1.807) is 12.5 Å². The number of aliphatic hydroxyl groups excluding tert-OH is 1. The quantitative estimate of drug-likeness (QED) is 0.686. The Morgan fingerprint density at radius 2 is 2.00 bits per heavy atom. The highest BCUT2D eigenvalue weighted by Crippen LogP contribution is 2.26. The molecule has 5 heteroatoms. The zero-order valence-electron chi connectivity index (χ0n) is 14.5. The first-order chi connectivity index (χ1) is 12.2. The molecule has 25 heavy (non-hydrogen) atoms. The minimum absolute atomic E-state index is 0.0428. The second kappa shape index (κ2) is 7.85. The summed E-state index contributed by atoms with van der Waals surface area (Å²) in [5, 5.41) is 13.0. The predicted octanol–water partition coefficient (Wildman–Crippen LogP) is 3.94. The number of aliphatic hydroxyl groups is 1. The standard InChI is InChI=1S/C20H23N3O2/c1-3-25-20-9-6-18(12-17(20)13-24)22-15(2)16-4-7-19(8-5-16)23-11-10-21-14-23/h4-12,14-15,22,24H,3,13H2,1-2H3. The molecule has 0 bridgehead atoms. The summed E-state index contributed by atoms with van der Waals surface area (Å²) in [4.78, 5) is 4.07. The average Bonchev–Trinajstić information content (AvgIpc) is 3.18. The summed E-state index contributed by atoms with van der Waals surface area (Å²) in [5.41, 5.74) is 4.01. The molecule has 0 saturated carbocycles. The number of hydrogen-bond donors (Lipinski definition) is 2. The van der Waals surface area contributed by atoms with Gasteiger partial charge in [-0.05, 0) is 49.7 Å². The van der Waals surface area contributed by atoms with Crippen LogP contribution < -0.4 is 10.1 Å². The highest BCUT2D eigenvalue weighted by atomic mass is 16.5. The van der Waals surface area contributed by atoms with Crippen LogP contribution in [-0.2, 0) is 6.61 Å². The van der Waals surface area contributed by atoms with Gasteiger partial charge in [-0.15, -0.1) is 0 Å². The molecule has 0 spiro atoms. The monoisotopic (exact) mass is 337 g/mol. The Balaban J connectivity index is 1.72. The molecule has 1 heterocycles. The Labute approximate surface area is 147 Å². The molecular formula is C20H23N3O2. The molecule has 130 valence electrons. The smallest absolute Gasteiger partial charge is 0.124 e. The highest BCUT2D eigenvalue weighted by Gasteiger charge is 2.09. The number of ether oxygens (including phenoxy) is 1. The van der Waals surface area contributed by atoms with E-state index in [2.05, 4.69) is 41.5 Å². The zero-order chi connectivity index (χ0) is 17.6. The number of benzene rings is 2. The van der Waals surface area contributed by atoms with E-state index < -0.39 is 0 Å². The van der Waals surface area contributed by atoms with Crippen molar-refractivity contribution in [3.05, 3.63) is 72.3 Å². The molecule has 0 aliphatic rings. The van der Waals surface area contributed by atoms with Gasteiger partial charge in [0.1, 0.15) is 5.75 Å². The SMILES string of the molecule is CCOc1ccc(NC(C)c2ccc(-n3ccnc3)cc2)cc1CO. The van der Waals surface area contributed by atoms with Gasteiger partial charge in [0.05, 0.1) is 19.5 Å². The molecular weight excluding hydrogens is 314 g/mol. The van der Waals surface area contributed by atoms with Gasteiger partial charge in [-0.2, -0.15) is 0 Å². The lowest BCUT2D eigenvalue weighted by Crippen LogP contribution is -2.07. The molecule has 5 nitrogen and oxygen atoms in total. The van der Waals surface area contributed by atoms with Crippen molar-refractivity contribution in [3.63, 3.8) is 0 Å². The largest absolute Gasteiger partial charge is 0.494 e. The van der Waals surface area contributed by atoms with E-state index >= 15 is 0 Å². The van der Waals surface area contributed by atoms with E-state index in [1.807, 2.05) is 35.9 Å². The fourth-order valence-electron chi connectivity index (χ4n) is 2.77. The van der Waals surface area contributed by atoms with Crippen molar-refractivity contribution in [2.45, 2.75) is 26.5 Å². The van der Waals surface area contributed by atoms with Crippen LogP contribution in [0.5, 0.6) is 5.75 Å². The van der Waals surface area contributed by atoms with Gasteiger partial charge in [0.15, 0.2) is 0 Å². The van der Waals surface area contributed by atoms with E-state index in [9.17, 15) is 5.11 Å². The minimum Gasteiger partial charge on any atom is -0.494 e. The van der Waals surface area contributed by atoms with E-state index in [1.165, 1.54) is 5.56 Å². The molecule has 0 radical (unpaired) electrons. The molecule has 3 rings (SSSR count). The van der Waals surface area contributed by atoms with Crippen molar-refractivity contribution in [1.82, 2.24) is 9.55 Å². The molecule has 1 unspecified atom stereocenters. The molecule has 0 aliphatic carbocycles. The average molecular weight is 337 g/mol. The lowest BCUT2D eigenvalue weighted by molar-refractivity contribution is 0.267. The van der Waals surface area contributed by atoms with Gasteiger partial charge in [0.25, 0.3) is 0 Å². The van der Waals surface area contributed by atoms with Crippen LogP contribution in [0.1, 0.15) is 31.0 Å². The summed E-state index contributed by atoms with van der Waals surface area (Å²) in [6.07, 6.45) is 5.48. The summed E-state index contributed by atoms with van der Waals surface area (Å²) < 4.78 is 7.50. The number of nitrogens with one attached hydrogen (secondary N) is 1. The van der Waals surface area contributed by atoms with Crippen LogP contribution in [0.25, 0.3) is 5.69 Å². The fourth-order valence-corrected chi connectivity index (χ4v) is 2.77. The topological polar surface area (TPSA) is 59.3 Å². The van der Waals surface area contributed by atoms with Crippen molar-refractivity contribution < 1.29 is 9.84 Å². The van der Waals surface area contributed by atoms with Crippen LogP contribution >= 0.6 is 0 Å². The first-order valence-electron chi connectivity index (χ1n) is 8.42. The lowest BCUT2D eigenvalue weighted by atomic mass is 10.1. The van der Waals surface area contributed by atoms with Gasteiger partial charge >= 0.3 is 0 Å². The molecule has 0 amide bonds. The van der Waals surface area contributed by atoms with Crippen LogP contribution in [0, 0.1) is 0 Å². The number of hydrogen-bond acceptors (Lipinski definition) is 4. The number of nitrogens with zero attached hydrogens (tertiary/aromatic N) is 2. The van der Waals surface area contributed by atoms with Crippen molar-refractivity contribution >= 4 is 5.69 Å². The van der Waals surface area contributed by atoms with E-state index in [0.717, 1.165) is 22.7 Å². The molecule has 1 atom stereocenters. The van der Waals surface area contributed by atoms with Crippen molar-refractivity contribution in [1.29, 1.82) is 0 Å². The van der Waals surface area contributed by atoms with Gasteiger partial charge in [-0.1, -0.05) is 12.1 Å². The third-order valence-corrected chi connectivity index (χ3v) is 4.11. The predicted molar refractivity (Wildman–Crippen MR) is 99.1 cm³/mol. The number of imidazole rings is 1. The summed E-state index contributed by atoms with van der Waals surface area (Å²) in [6.45, 7) is 4.59. The third kappa shape index (κ3) is 4.00.